The third kappa shape index (κ3) is 2.96. The molecule has 1 heterocycles. The minimum absolute atomic E-state index is 0.0778. The Morgan fingerprint density at radius 1 is 1.04 bits per heavy atom. The van der Waals surface area contributed by atoms with Crippen LogP contribution in [-0.2, 0) is 0 Å². The molecule has 0 aliphatic rings. The van der Waals surface area contributed by atoms with Crippen LogP contribution in [0.1, 0.15) is 16.2 Å². The molecule has 1 amide bonds. The number of benzene rings is 2. The van der Waals surface area contributed by atoms with Gasteiger partial charge >= 0.3 is 0 Å². The first-order chi connectivity index (χ1) is 11.1. The summed E-state index contributed by atoms with van der Waals surface area (Å²) in [6, 6.07) is 14.2. The van der Waals surface area contributed by atoms with Crippen LogP contribution >= 0.6 is 0 Å². The number of aromatic nitrogens is 2. The molecule has 0 atom stereocenters. The van der Waals surface area contributed by atoms with Crippen molar-refractivity contribution in [2.45, 2.75) is 6.92 Å². The van der Waals surface area contributed by atoms with Gasteiger partial charge in [-0.25, -0.2) is 13.5 Å². The van der Waals surface area contributed by atoms with Crippen LogP contribution in [0, 0.1) is 18.6 Å². The Bertz CT molecular complexity index is 839. The minimum atomic E-state index is -0.836. The van der Waals surface area contributed by atoms with Gasteiger partial charge in [0, 0.05) is 5.69 Å². The van der Waals surface area contributed by atoms with E-state index in [9.17, 15) is 13.6 Å². The van der Waals surface area contributed by atoms with Gasteiger partial charge in [-0.05, 0) is 37.3 Å². The van der Waals surface area contributed by atoms with Gasteiger partial charge in [0.1, 0.15) is 17.3 Å². The second-order valence-electron chi connectivity index (χ2n) is 4.97. The summed E-state index contributed by atoms with van der Waals surface area (Å²) in [4.78, 5) is 12.2. The number of rotatable bonds is 3. The van der Waals surface area contributed by atoms with Gasteiger partial charge in [0.05, 0.1) is 5.69 Å². The number of nitrogens with one attached hydrogen (secondary N) is 1. The zero-order chi connectivity index (χ0) is 16.4. The number of halogens is 2. The van der Waals surface area contributed by atoms with E-state index in [2.05, 4.69) is 10.4 Å². The summed E-state index contributed by atoms with van der Waals surface area (Å²) in [5.74, 6) is -2.35. The Morgan fingerprint density at radius 3 is 2.35 bits per heavy atom. The maximum absolute atomic E-state index is 13.6. The second kappa shape index (κ2) is 6.00. The van der Waals surface area contributed by atoms with Crippen molar-refractivity contribution < 1.29 is 13.6 Å². The molecule has 4 nitrogen and oxygen atoms in total. The van der Waals surface area contributed by atoms with E-state index < -0.39 is 23.2 Å². The summed E-state index contributed by atoms with van der Waals surface area (Å²) in [5, 5.41) is 6.42. The summed E-state index contributed by atoms with van der Waals surface area (Å²) >= 11 is 0. The van der Waals surface area contributed by atoms with Crippen LogP contribution in [0.25, 0.3) is 5.69 Å². The fourth-order valence-electron chi connectivity index (χ4n) is 2.21. The van der Waals surface area contributed by atoms with Crippen LogP contribution in [0.15, 0.2) is 54.6 Å². The Morgan fingerprint density at radius 2 is 1.70 bits per heavy atom. The van der Waals surface area contributed by atoms with Crippen molar-refractivity contribution in [2.24, 2.45) is 0 Å². The Labute approximate surface area is 131 Å². The van der Waals surface area contributed by atoms with Crippen molar-refractivity contribution in [3.63, 3.8) is 0 Å². The minimum Gasteiger partial charge on any atom is -0.316 e. The summed E-state index contributed by atoms with van der Waals surface area (Å²) < 4.78 is 28.8. The highest BCUT2D eigenvalue weighted by Crippen LogP contribution is 2.19. The molecule has 6 heteroatoms. The van der Waals surface area contributed by atoms with Crippen LogP contribution in [-0.4, -0.2) is 15.7 Å². The van der Waals surface area contributed by atoms with Crippen molar-refractivity contribution >= 4 is 11.6 Å². The van der Waals surface area contributed by atoms with Crippen molar-refractivity contribution in [2.75, 3.05) is 5.32 Å². The Balaban J connectivity index is 1.90. The van der Waals surface area contributed by atoms with E-state index in [4.69, 9.17) is 0 Å². The highest BCUT2D eigenvalue weighted by Gasteiger charge is 2.17. The molecular weight excluding hydrogens is 300 g/mol. The van der Waals surface area contributed by atoms with Gasteiger partial charge in [-0.1, -0.05) is 24.3 Å². The lowest BCUT2D eigenvalue weighted by atomic mass is 10.2. The molecule has 0 radical (unpaired) electrons. The monoisotopic (exact) mass is 313 g/mol. The molecule has 0 fully saturated rings. The number of aryl methyl sites for hydroxylation is 1. The molecule has 1 N–H and O–H groups in total. The van der Waals surface area contributed by atoms with Crippen LogP contribution in [0.4, 0.5) is 14.5 Å². The van der Waals surface area contributed by atoms with E-state index in [1.807, 2.05) is 30.3 Å². The first-order valence-electron chi connectivity index (χ1n) is 6.93. The summed E-state index contributed by atoms with van der Waals surface area (Å²) in [5.41, 5.74) is 1.12. The summed E-state index contributed by atoms with van der Waals surface area (Å²) in [6.07, 6.45) is 0. The average Bonchev–Trinajstić information content (AvgIpc) is 2.94. The molecule has 1 aromatic heterocycles. The lowest BCUT2D eigenvalue weighted by molar-refractivity contribution is 0.102. The van der Waals surface area contributed by atoms with Gasteiger partial charge in [0.25, 0.3) is 5.91 Å². The van der Waals surface area contributed by atoms with E-state index in [-0.39, 0.29) is 5.69 Å². The highest BCUT2D eigenvalue weighted by atomic mass is 19.1. The third-order valence-electron chi connectivity index (χ3n) is 3.32. The van der Waals surface area contributed by atoms with E-state index in [1.54, 1.807) is 17.7 Å². The number of hydrogen-bond acceptors (Lipinski definition) is 2. The van der Waals surface area contributed by atoms with Gasteiger partial charge in [-0.3, -0.25) is 4.79 Å². The molecule has 3 aromatic rings. The summed E-state index contributed by atoms with van der Waals surface area (Å²) in [7, 11) is 0. The van der Waals surface area contributed by atoms with E-state index >= 15 is 0 Å². The normalized spacial score (nSPS) is 10.6. The maximum atomic E-state index is 13.6. The first-order valence-corrected chi connectivity index (χ1v) is 6.93. The molecule has 23 heavy (non-hydrogen) atoms. The molecule has 0 saturated heterocycles. The zero-order valence-electron chi connectivity index (χ0n) is 12.3. The molecule has 3 rings (SSSR count). The third-order valence-corrected chi connectivity index (χ3v) is 3.32. The van der Waals surface area contributed by atoms with Crippen molar-refractivity contribution in [3.8, 4) is 5.69 Å². The Kier molecular flexibility index (Phi) is 3.89. The SMILES string of the molecule is Cc1cc(C(=O)Nc2c(F)cccc2F)nn1-c1ccccc1. The second-order valence-corrected chi connectivity index (χ2v) is 4.97. The predicted molar refractivity (Wildman–Crippen MR) is 82.6 cm³/mol. The molecule has 0 aliphatic carbocycles. The molecule has 0 spiro atoms. The number of carbonyl (C=O) groups excluding carboxylic acids is 1. The van der Waals surface area contributed by atoms with Crippen LogP contribution in [0.5, 0.6) is 0 Å². The van der Waals surface area contributed by atoms with Crippen LogP contribution < -0.4 is 5.32 Å². The molecular formula is C17H13F2N3O. The highest BCUT2D eigenvalue weighted by molar-refractivity contribution is 6.03. The quantitative estimate of drug-likeness (QED) is 0.801. The zero-order valence-corrected chi connectivity index (χ0v) is 12.3. The van der Waals surface area contributed by atoms with Gasteiger partial charge < -0.3 is 5.32 Å². The molecule has 116 valence electrons. The standard InChI is InChI=1S/C17H13F2N3O/c1-11-10-15(21-22(11)12-6-3-2-4-7-12)17(23)20-16-13(18)8-5-9-14(16)19/h2-10H,1H3,(H,20,23). The number of para-hydroxylation sites is 2. The van der Waals surface area contributed by atoms with E-state index in [1.165, 1.54) is 6.07 Å². The first kappa shape index (κ1) is 14.9. The Hall–Kier alpha value is -3.02. The number of nitrogens with zero attached hydrogens (tertiary/aromatic N) is 2. The average molecular weight is 313 g/mol. The molecule has 0 saturated carbocycles. The fraction of sp³-hybridized carbons (Fsp3) is 0.0588. The van der Waals surface area contributed by atoms with Crippen molar-refractivity contribution in [1.29, 1.82) is 0 Å². The van der Waals surface area contributed by atoms with Crippen molar-refractivity contribution in [1.82, 2.24) is 9.78 Å². The summed E-state index contributed by atoms with van der Waals surface area (Å²) in [6.45, 7) is 1.79. The lowest BCUT2D eigenvalue weighted by Gasteiger charge is -2.06. The van der Waals surface area contributed by atoms with Gasteiger partial charge in [0.15, 0.2) is 5.69 Å². The van der Waals surface area contributed by atoms with E-state index in [0.717, 1.165) is 23.5 Å². The topological polar surface area (TPSA) is 46.9 Å². The lowest BCUT2D eigenvalue weighted by Crippen LogP contribution is -2.15. The molecule has 0 aliphatic heterocycles. The predicted octanol–water partition coefficient (Wildman–Crippen LogP) is 3.71. The van der Waals surface area contributed by atoms with E-state index in [0.29, 0.717) is 0 Å². The maximum Gasteiger partial charge on any atom is 0.276 e. The van der Waals surface area contributed by atoms with Crippen LogP contribution in [0.2, 0.25) is 0 Å². The fourth-order valence-corrected chi connectivity index (χ4v) is 2.21. The molecule has 0 unspecified atom stereocenters. The van der Waals surface area contributed by atoms with Gasteiger partial charge in [-0.15, -0.1) is 0 Å². The molecule has 2 aromatic carbocycles. The smallest absolute Gasteiger partial charge is 0.276 e. The van der Waals surface area contributed by atoms with Crippen molar-refractivity contribution in [3.05, 3.63) is 77.6 Å². The largest absolute Gasteiger partial charge is 0.316 e. The van der Waals surface area contributed by atoms with Crippen LogP contribution in [0.3, 0.4) is 0 Å². The number of carbonyl (C=O) groups is 1. The number of anilines is 1. The van der Waals surface area contributed by atoms with Gasteiger partial charge in [-0.2, -0.15) is 5.10 Å². The number of hydrogen-bond donors (Lipinski definition) is 1. The number of amides is 1. The molecule has 0 bridgehead atoms. The van der Waals surface area contributed by atoms with Gasteiger partial charge in [0.2, 0.25) is 0 Å².